The average Bonchev–Trinajstić information content (AvgIpc) is 3.01. The molecule has 4 nitrogen and oxygen atoms in total. The van der Waals surface area contributed by atoms with Crippen LogP contribution in [0.2, 0.25) is 5.02 Å². The van der Waals surface area contributed by atoms with E-state index in [0.29, 0.717) is 5.02 Å². The fourth-order valence-electron chi connectivity index (χ4n) is 2.17. The van der Waals surface area contributed by atoms with Crippen molar-refractivity contribution in [3.05, 3.63) is 47.6 Å². The van der Waals surface area contributed by atoms with E-state index in [1.165, 1.54) is 0 Å². The van der Waals surface area contributed by atoms with Gasteiger partial charge in [0.1, 0.15) is 5.69 Å². The highest BCUT2D eigenvalue weighted by Gasteiger charge is 2.19. The van der Waals surface area contributed by atoms with Crippen molar-refractivity contribution in [1.82, 2.24) is 14.7 Å². The zero-order valence-corrected chi connectivity index (χ0v) is 10.6. The lowest BCUT2D eigenvalue weighted by Gasteiger charge is -2.13. The van der Waals surface area contributed by atoms with Crippen molar-refractivity contribution < 1.29 is 4.52 Å². The SMILES string of the molecule is CCC(c1noc2ccc(Cl)cc12)n1ccnc1. The van der Waals surface area contributed by atoms with E-state index in [1.807, 2.05) is 22.9 Å². The normalized spacial score (nSPS) is 13.0. The van der Waals surface area contributed by atoms with E-state index in [2.05, 4.69) is 17.1 Å². The van der Waals surface area contributed by atoms with E-state index in [-0.39, 0.29) is 6.04 Å². The summed E-state index contributed by atoms with van der Waals surface area (Å²) in [4.78, 5) is 4.08. The van der Waals surface area contributed by atoms with Crippen LogP contribution in [0.5, 0.6) is 0 Å². The molecule has 0 spiro atoms. The van der Waals surface area contributed by atoms with E-state index in [0.717, 1.165) is 23.1 Å². The molecule has 0 aliphatic heterocycles. The Morgan fingerprint density at radius 3 is 3.06 bits per heavy atom. The lowest BCUT2D eigenvalue weighted by molar-refractivity contribution is 0.423. The zero-order valence-electron chi connectivity index (χ0n) is 9.88. The maximum atomic E-state index is 6.03. The second-order valence-corrected chi connectivity index (χ2v) is 4.58. The first-order valence-corrected chi connectivity index (χ1v) is 6.19. The third kappa shape index (κ3) is 1.78. The van der Waals surface area contributed by atoms with Crippen LogP contribution < -0.4 is 0 Å². The maximum absolute atomic E-state index is 6.03. The molecule has 0 aliphatic rings. The number of fused-ring (bicyclic) bond motifs is 1. The number of nitrogens with zero attached hydrogens (tertiary/aromatic N) is 3. The smallest absolute Gasteiger partial charge is 0.167 e. The molecule has 0 saturated carbocycles. The Kier molecular flexibility index (Phi) is 2.80. The molecule has 3 aromatic rings. The summed E-state index contributed by atoms with van der Waals surface area (Å²) in [7, 11) is 0. The van der Waals surface area contributed by atoms with Gasteiger partial charge in [0.2, 0.25) is 0 Å². The molecule has 2 aromatic heterocycles. The highest BCUT2D eigenvalue weighted by molar-refractivity contribution is 6.31. The molecule has 0 radical (unpaired) electrons. The van der Waals surface area contributed by atoms with Crippen LogP contribution in [0.25, 0.3) is 11.0 Å². The van der Waals surface area contributed by atoms with Gasteiger partial charge in [-0.15, -0.1) is 0 Å². The van der Waals surface area contributed by atoms with E-state index in [1.54, 1.807) is 18.6 Å². The van der Waals surface area contributed by atoms with Gasteiger partial charge in [-0.1, -0.05) is 23.7 Å². The van der Waals surface area contributed by atoms with Crippen LogP contribution in [0, 0.1) is 0 Å². The van der Waals surface area contributed by atoms with Gasteiger partial charge in [-0.05, 0) is 24.6 Å². The Morgan fingerprint density at radius 2 is 2.33 bits per heavy atom. The predicted octanol–water partition coefficient (Wildman–Crippen LogP) is 3.68. The van der Waals surface area contributed by atoms with Gasteiger partial charge in [0.15, 0.2) is 5.58 Å². The molecule has 1 aromatic carbocycles. The standard InChI is InChI=1S/C13H12ClN3O/c1-2-11(17-6-5-15-8-17)13-10-7-9(14)3-4-12(10)18-16-13/h3-8,11H,2H2,1H3. The molecule has 2 heterocycles. The topological polar surface area (TPSA) is 43.9 Å². The summed E-state index contributed by atoms with van der Waals surface area (Å²) in [6, 6.07) is 5.65. The van der Waals surface area contributed by atoms with Gasteiger partial charge in [-0.3, -0.25) is 0 Å². The summed E-state index contributed by atoms with van der Waals surface area (Å²) in [5, 5.41) is 5.83. The minimum Gasteiger partial charge on any atom is -0.356 e. The number of benzene rings is 1. The van der Waals surface area contributed by atoms with E-state index >= 15 is 0 Å². The molecule has 0 saturated heterocycles. The second kappa shape index (κ2) is 4.46. The Labute approximate surface area is 109 Å². The van der Waals surface area contributed by atoms with Crippen molar-refractivity contribution in [2.24, 2.45) is 0 Å². The van der Waals surface area contributed by atoms with Gasteiger partial charge in [0, 0.05) is 22.8 Å². The van der Waals surface area contributed by atoms with Crippen LogP contribution in [-0.2, 0) is 0 Å². The van der Waals surface area contributed by atoms with Gasteiger partial charge in [0.25, 0.3) is 0 Å². The molecule has 3 rings (SSSR count). The Bertz CT molecular complexity index is 660. The molecule has 0 amide bonds. The van der Waals surface area contributed by atoms with Crippen molar-refractivity contribution in [2.75, 3.05) is 0 Å². The fourth-order valence-corrected chi connectivity index (χ4v) is 2.34. The molecular weight excluding hydrogens is 250 g/mol. The van der Waals surface area contributed by atoms with Gasteiger partial charge in [-0.2, -0.15) is 0 Å². The van der Waals surface area contributed by atoms with Crippen LogP contribution in [0.4, 0.5) is 0 Å². The number of imidazole rings is 1. The van der Waals surface area contributed by atoms with Crippen LogP contribution in [0.3, 0.4) is 0 Å². The summed E-state index contributed by atoms with van der Waals surface area (Å²) >= 11 is 6.03. The summed E-state index contributed by atoms with van der Waals surface area (Å²) in [6.45, 7) is 2.11. The monoisotopic (exact) mass is 261 g/mol. The summed E-state index contributed by atoms with van der Waals surface area (Å²) < 4.78 is 7.37. The molecule has 0 fully saturated rings. The molecule has 0 bridgehead atoms. The number of hydrogen-bond acceptors (Lipinski definition) is 3. The quantitative estimate of drug-likeness (QED) is 0.722. The first-order chi connectivity index (χ1) is 8.79. The minimum atomic E-state index is 0.118. The van der Waals surface area contributed by atoms with Gasteiger partial charge in [-0.25, -0.2) is 4.98 Å². The molecule has 0 N–H and O–H groups in total. The van der Waals surface area contributed by atoms with Crippen molar-refractivity contribution in [2.45, 2.75) is 19.4 Å². The van der Waals surface area contributed by atoms with Crippen LogP contribution in [-0.4, -0.2) is 14.7 Å². The van der Waals surface area contributed by atoms with Crippen molar-refractivity contribution >= 4 is 22.6 Å². The van der Waals surface area contributed by atoms with Crippen LogP contribution in [0.15, 0.2) is 41.4 Å². The van der Waals surface area contributed by atoms with Crippen LogP contribution >= 0.6 is 11.6 Å². The van der Waals surface area contributed by atoms with Gasteiger partial charge in [0.05, 0.1) is 12.4 Å². The maximum Gasteiger partial charge on any atom is 0.167 e. The summed E-state index contributed by atoms with van der Waals surface area (Å²) in [6.07, 6.45) is 6.39. The highest BCUT2D eigenvalue weighted by atomic mass is 35.5. The highest BCUT2D eigenvalue weighted by Crippen LogP contribution is 2.30. The third-order valence-electron chi connectivity index (χ3n) is 3.05. The zero-order chi connectivity index (χ0) is 12.5. The van der Waals surface area contributed by atoms with E-state index in [9.17, 15) is 0 Å². The number of hydrogen-bond donors (Lipinski definition) is 0. The van der Waals surface area contributed by atoms with Crippen molar-refractivity contribution in [1.29, 1.82) is 0 Å². The molecule has 18 heavy (non-hydrogen) atoms. The number of halogens is 1. The third-order valence-corrected chi connectivity index (χ3v) is 3.28. The first-order valence-electron chi connectivity index (χ1n) is 5.82. The molecule has 0 aliphatic carbocycles. The first kappa shape index (κ1) is 11.3. The molecule has 92 valence electrons. The predicted molar refractivity (Wildman–Crippen MR) is 69.7 cm³/mol. The van der Waals surface area contributed by atoms with Gasteiger partial charge >= 0.3 is 0 Å². The number of rotatable bonds is 3. The summed E-state index contributed by atoms with van der Waals surface area (Å²) in [5.41, 5.74) is 1.65. The average molecular weight is 262 g/mol. The van der Waals surface area contributed by atoms with E-state index in [4.69, 9.17) is 16.1 Å². The Hall–Kier alpha value is -1.81. The van der Waals surface area contributed by atoms with Crippen molar-refractivity contribution in [3.8, 4) is 0 Å². The number of aromatic nitrogens is 3. The lowest BCUT2D eigenvalue weighted by atomic mass is 10.1. The van der Waals surface area contributed by atoms with Crippen molar-refractivity contribution in [3.63, 3.8) is 0 Å². The van der Waals surface area contributed by atoms with E-state index < -0.39 is 0 Å². The second-order valence-electron chi connectivity index (χ2n) is 4.14. The minimum absolute atomic E-state index is 0.118. The molecule has 5 heteroatoms. The Balaban J connectivity index is 2.15. The molecular formula is C13H12ClN3O. The van der Waals surface area contributed by atoms with Gasteiger partial charge < -0.3 is 9.09 Å². The molecule has 1 unspecified atom stereocenters. The van der Waals surface area contributed by atoms with Crippen LogP contribution in [0.1, 0.15) is 25.1 Å². The summed E-state index contributed by atoms with van der Waals surface area (Å²) in [5.74, 6) is 0. The Morgan fingerprint density at radius 1 is 1.44 bits per heavy atom. The lowest BCUT2D eigenvalue weighted by Crippen LogP contribution is -2.08. The fraction of sp³-hybridized carbons (Fsp3) is 0.231. The molecule has 1 atom stereocenters. The largest absolute Gasteiger partial charge is 0.356 e.